The molecule has 3 heteroatoms. The summed E-state index contributed by atoms with van der Waals surface area (Å²) in [6.45, 7) is 4.13. The number of rotatable bonds is 5. The van der Waals surface area contributed by atoms with Crippen molar-refractivity contribution in [1.82, 2.24) is 0 Å². The fourth-order valence-electron chi connectivity index (χ4n) is 0.960. The van der Waals surface area contributed by atoms with Gasteiger partial charge in [-0.05, 0) is 24.6 Å². The van der Waals surface area contributed by atoms with Gasteiger partial charge in [0.05, 0.1) is 11.6 Å². The maximum Gasteiger partial charge on any atom is 0.150 e. The van der Waals surface area contributed by atoms with Gasteiger partial charge in [-0.15, -0.1) is 6.58 Å². The second-order valence-electron chi connectivity index (χ2n) is 2.73. The number of halogens is 1. The zero-order valence-electron chi connectivity index (χ0n) is 7.70. The molecule has 14 heavy (non-hydrogen) atoms. The van der Waals surface area contributed by atoms with Crippen molar-refractivity contribution in [3.8, 4) is 5.75 Å². The number of carbonyl (C=O) groups excluding carboxylic acids is 1. The molecule has 0 saturated carbocycles. The smallest absolute Gasteiger partial charge is 0.150 e. The Morgan fingerprint density at radius 3 is 2.86 bits per heavy atom. The van der Waals surface area contributed by atoms with E-state index in [2.05, 4.69) is 6.58 Å². The average Bonchev–Trinajstić information content (AvgIpc) is 2.20. The molecule has 74 valence electrons. The van der Waals surface area contributed by atoms with E-state index >= 15 is 0 Å². The molecule has 0 N–H and O–H groups in total. The second-order valence-corrected chi connectivity index (χ2v) is 3.14. The van der Waals surface area contributed by atoms with Crippen LogP contribution in [0.25, 0.3) is 0 Å². The summed E-state index contributed by atoms with van der Waals surface area (Å²) in [5.41, 5.74) is 0.547. The topological polar surface area (TPSA) is 26.3 Å². The van der Waals surface area contributed by atoms with Gasteiger partial charge < -0.3 is 4.74 Å². The molecule has 0 saturated heterocycles. The Morgan fingerprint density at radius 1 is 1.50 bits per heavy atom. The van der Waals surface area contributed by atoms with E-state index in [1.54, 1.807) is 24.3 Å². The molecule has 1 rings (SSSR count). The maximum atomic E-state index is 10.4. The third-order valence-electron chi connectivity index (χ3n) is 1.67. The third kappa shape index (κ3) is 2.89. The van der Waals surface area contributed by atoms with Crippen molar-refractivity contribution in [3.05, 3.63) is 41.4 Å². The first kappa shape index (κ1) is 10.8. The highest BCUT2D eigenvalue weighted by molar-refractivity contribution is 6.32. The molecular weight excluding hydrogens is 200 g/mol. The van der Waals surface area contributed by atoms with Gasteiger partial charge in [0, 0.05) is 5.56 Å². The van der Waals surface area contributed by atoms with Crippen molar-refractivity contribution in [3.63, 3.8) is 0 Å². The minimum absolute atomic E-state index is 0.457. The molecule has 0 aliphatic heterocycles. The van der Waals surface area contributed by atoms with Gasteiger partial charge in [0.2, 0.25) is 0 Å². The standard InChI is InChI=1S/C11H11ClO2/c1-2-3-6-14-11-5-4-9(8-13)7-10(11)12/h2,4-5,7-8H,1,3,6H2. The summed E-state index contributed by atoms with van der Waals surface area (Å²) in [6, 6.07) is 4.94. The quantitative estimate of drug-likeness (QED) is 0.424. The molecule has 0 atom stereocenters. The fraction of sp³-hybridized carbons (Fsp3) is 0.182. The lowest BCUT2D eigenvalue weighted by Crippen LogP contribution is -1.96. The number of aldehydes is 1. The van der Waals surface area contributed by atoms with E-state index < -0.39 is 0 Å². The molecule has 1 aromatic rings. The third-order valence-corrected chi connectivity index (χ3v) is 1.97. The molecule has 2 nitrogen and oxygen atoms in total. The molecule has 1 aromatic carbocycles. The molecule has 0 aliphatic rings. The van der Waals surface area contributed by atoms with Crippen molar-refractivity contribution < 1.29 is 9.53 Å². The van der Waals surface area contributed by atoms with Crippen LogP contribution in [0.1, 0.15) is 16.8 Å². The molecule has 0 spiro atoms. The largest absolute Gasteiger partial charge is 0.492 e. The van der Waals surface area contributed by atoms with Crippen LogP contribution >= 0.6 is 11.6 Å². The first-order valence-corrected chi connectivity index (χ1v) is 4.64. The van der Waals surface area contributed by atoms with Gasteiger partial charge in [-0.2, -0.15) is 0 Å². The van der Waals surface area contributed by atoms with E-state index in [-0.39, 0.29) is 0 Å². The Hall–Kier alpha value is -1.28. The highest BCUT2D eigenvalue weighted by Gasteiger charge is 2.01. The monoisotopic (exact) mass is 210 g/mol. The lowest BCUT2D eigenvalue weighted by molar-refractivity contribution is 0.112. The molecule has 0 bridgehead atoms. The van der Waals surface area contributed by atoms with Crippen molar-refractivity contribution in [2.75, 3.05) is 6.61 Å². The van der Waals surface area contributed by atoms with Crippen LogP contribution in [0.5, 0.6) is 5.75 Å². The van der Waals surface area contributed by atoms with Crippen LogP contribution < -0.4 is 4.74 Å². The van der Waals surface area contributed by atoms with Crippen molar-refractivity contribution in [2.45, 2.75) is 6.42 Å². The molecule has 0 aromatic heterocycles. The van der Waals surface area contributed by atoms with Crippen LogP contribution in [-0.2, 0) is 0 Å². The predicted octanol–water partition coefficient (Wildman–Crippen LogP) is 3.11. The SMILES string of the molecule is C=CCCOc1ccc(C=O)cc1Cl. The Kier molecular flexibility index (Phi) is 4.20. The van der Waals surface area contributed by atoms with Gasteiger partial charge in [-0.1, -0.05) is 17.7 Å². The molecule has 0 radical (unpaired) electrons. The summed E-state index contributed by atoms with van der Waals surface area (Å²) in [6.07, 6.45) is 3.29. The van der Waals surface area contributed by atoms with Gasteiger partial charge in [0.25, 0.3) is 0 Å². The first-order valence-electron chi connectivity index (χ1n) is 4.26. The summed E-state index contributed by atoms with van der Waals surface area (Å²) in [5.74, 6) is 0.596. The maximum absolute atomic E-state index is 10.4. The summed E-state index contributed by atoms with van der Waals surface area (Å²) >= 11 is 5.88. The van der Waals surface area contributed by atoms with E-state index in [1.165, 1.54) is 0 Å². The Balaban J connectivity index is 2.68. The van der Waals surface area contributed by atoms with Crippen LogP contribution in [0.3, 0.4) is 0 Å². The van der Waals surface area contributed by atoms with Crippen molar-refractivity contribution in [2.24, 2.45) is 0 Å². The van der Waals surface area contributed by atoms with Crippen LogP contribution in [0.2, 0.25) is 5.02 Å². The van der Waals surface area contributed by atoms with Gasteiger partial charge in [0.15, 0.2) is 0 Å². The Labute approximate surface area is 88.1 Å². The normalized spacial score (nSPS) is 9.50. The van der Waals surface area contributed by atoms with Crippen LogP contribution in [-0.4, -0.2) is 12.9 Å². The van der Waals surface area contributed by atoms with E-state index in [0.717, 1.165) is 12.7 Å². The summed E-state index contributed by atoms with van der Waals surface area (Å²) in [5, 5.41) is 0.457. The van der Waals surface area contributed by atoms with E-state index in [1.807, 2.05) is 0 Å². The minimum Gasteiger partial charge on any atom is -0.492 e. The summed E-state index contributed by atoms with van der Waals surface area (Å²) in [7, 11) is 0. The molecular formula is C11H11ClO2. The molecule has 0 heterocycles. The van der Waals surface area contributed by atoms with Crippen molar-refractivity contribution in [1.29, 1.82) is 0 Å². The second kappa shape index (κ2) is 5.45. The lowest BCUT2D eigenvalue weighted by Gasteiger charge is -2.06. The molecule has 0 fully saturated rings. The Bertz CT molecular complexity index is 334. The lowest BCUT2D eigenvalue weighted by atomic mass is 10.2. The number of hydrogen-bond donors (Lipinski definition) is 0. The van der Waals surface area contributed by atoms with E-state index in [0.29, 0.717) is 22.9 Å². The first-order chi connectivity index (χ1) is 6.77. The zero-order chi connectivity index (χ0) is 10.4. The van der Waals surface area contributed by atoms with E-state index in [9.17, 15) is 4.79 Å². The number of carbonyl (C=O) groups is 1. The highest BCUT2D eigenvalue weighted by Crippen LogP contribution is 2.24. The molecule has 0 amide bonds. The fourth-order valence-corrected chi connectivity index (χ4v) is 1.20. The van der Waals surface area contributed by atoms with Gasteiger partial charge in [0.1, 0.15) is 12.0 Å². The van der Waals surface area contributed by atoms with Crippen LogP contribution in [0.4, 0.5) is 0 Å². The Morgan fingerprint density at radius 2 is 2.29 bits per heavy atom. The number of benzene rings is 1. The highest BCUT2D eigenvalue weighted by atomic mass is 35.5. The van der Waals surface area contributed by atoms with Gasteiger partial charge >= 0.3 is 0 Å². The summed E-state index contributed by atoms with van der Waals surface area (Å²) in [4.78, 5) is 10.4. The molecule has 0 aliphatic carbocycles. The number of hydrogen-bond acceptors (Lipinski definition) is 2. The van der Waals surface area contributed by atoms with Gasteiger partial charge in [-0.3, -0.25) is 4.79 Å². The zero-order valence-corrected chi connectivity index (χ0v) is 8.46. The van der Waals surface area contributed by atoms with E-state index in [4.69, 9.17) is 16.3 Å². The van der Waals surface area contributed by atoms with Crippen LogP contribution in [0, 0.1) is 0 Å². The van der Waals surface area contributed by atoms with Crippen LogP contribution in [0.15, 0.2) is 30.9 Å². The summed E-state index contributed by atoms with van der Waals surface area (Å²) < 4.78 is 5.36. The molecule has 0 unspecified atom stereocenters. The van der Waals surface area contributed by atoms with Crippen molar-refractivity contribution >= 4 is 17.9 Å². The van der Waals surface area contributed by atoms with Gasteiger partial charge in [-0.25, -0.2) is 0 Å². The average molecular weight is 211 g/mol. The predicted molar refractivity (Wildman–Crippen MR) is 57.1 cm³/mol. The minimum atomic E-state index is 0.457. The number of ether oxygens (including phenoxy) is 1.